The van der Waals surface area contributed by atoms with Crippen molar-refractivity contribution in [3.05, 3.63) is 44.9 Å². The molecule has 2 rings (SSSR count). The van der Waals surface area contributed by atoms with Gasteiger partial charge in [-0.15, -0.1) is 11.3 Å². The van der Waals surface area contributed by atoms with Gasteiger partial charge in [-0.1, -0.05) is 11.6 Å². The van der Waals surface area contributed by atoms with Gasteiger partial charge in [0.05, 0.1) is 10.7 Å². The number of rotatable bonds is 3. The van der Waals surface area contributed by atoms with E-state index in [-0.39, 0.29) is 15.6 Å². The average molecular weight is 320 g/mol. The summed E-state index contributed by atoms with van der Waals surface area (Å²) in [6.45, 7) is 3.58. The number of sulfonamides is 1. The van der Waals surface area contributed by atoms with Gasteiger partial charge in [-0.25, -0.2) is 12.8 Å². The number of aryl methyl sites for hydroxylation is 2. The van der Waals surface area contributed by atoms with Crippen molar-refractivity contribution in [2.75, 3.05) is 4.72 Å². The van der Waals surface area contributed by atoms with Gasteiger partial charge in [-0.2, -0.15) is 0 Å². The van der Waals surface area contributed by atoms with Crippen LogP contribution in [-0.2, 0) is 10.0 Å². The standard InChI is InChI=1S/C12H11ClFNO2S2/c1-7-5-12(8(2)18-7)19(16,17)15-9-3-4-11(14)10(13)6-9/h3-6,15H,1-2H3. The van der Waals surface area contributed by atoms with Crippen LogP contribution in [0.5, 0.6) is 0 Å². The van der Waals surface area contributed by atoms with Crippen LogP contribution in [0.15, 0.2) is 29.2 Å². The van der Waals surface area contributed by atoms with Crippen molar-refractivity contribution in [2.24, 2.45) is 0 Å². The van der Waals surface area contributed by atoms with Crippen LogP contribution in [0, 0.1) is 19.7 Å². The van der Waals surface area contributed by atoms with E-state index >= 15 is 0 Å². The van der Waals surface area contributed by atoms with Crippen molar-refractivity contribution in [1.29, 1.82) is 0 Å². The highest BCUT2D eigenvalue weighted by molar-refractivity contribution is 7.93. The van der Waals surface area contributed by atoms with Crippen LogP contribution in [0.25, 0.3) is 0 Å². The molecule has 7 heteroatoms. The van der Waals surface area contributed by atoms with Gasteiger partial charge >= 0.3 is 0 Å². The Morgan fingerprint density at radius 3 is 2.47 bits per heavy atom. The van der Waals surface area contributed by atoms with Gasteiger partial charge in [0.15, 0.2) is 0 Å². The molecule has 0 fully saturated rings. The van der Waals surface area contributed by atoms with Crippen LogP contribution in [0.3, 0.4) is 0 Å². The third kappa shape index (κ3) is 3.08. The van der Waals surface area contributed by atoms with Gasteiger partial charge in [0, 0.05) is 9.75 Å². The molecule has 0 aliphatic heterocycles. The number of thiophene rings is 1. The highest BCUT2D eigenvalue weighted by Gasteiger charge is 2.19. The van der Waals surface area contributed by atoms with E-state index in [0.29, 0.717) is 4.88 Å². The van der Waals surface area contributed by atoms with Crippen molar-refractivity contribution in [3.8, 4) is 0 Å². The van der Waals surface area contributed by atoms with E-state index in [1.165, 1.54) is 23.5 Å². The normalized spacial score (nSPS) is 11.6. The van der Waals surface area contributed by atoms with Crippen molar-refractivity contribution in [1.82, 2.24) is 0 Å². The molecular formula is C12H11ClFNO2S2. The van der Waals surface area contributed by atoms with E-state index in [0.717, 1.165) is 10.9 Å². The molecule has 0 aliphatic carbocycles. The Kier molecular flexibility index (Phi) is 3.85. The lowest BCUT2D eigenvalue weighted by atomic mass is 10.3. The average Bonchev–Trinajstić information content (AvgIpc) is 2.63. The summed E-state index contributed by atoms with van der Waals surface area (Å²) in [6.07, 6.45) is 0. The lowest BCUT2D eigenvalue weighted by Crippen LogP contribution is -2.13. The summed E-state index contributed by atoms with van der Waals surface area (Å²) in [4.78, 5) is 1.85. The molecule has 0 atom stereocenters. The molecule has 0 spiro atoms. The maximum Gasteiger partial charge on any atom is 0.262 e. The molecule has 1 heterocycles. The molecule has 102 valence electrons. The molecule has 3 nitrogen and oxygen atoms in total. The van der Waals surface area contributed by atoms with Gasteiger partial charge in [-0.3, -0.25) is 4.72 Å². The molecule has 0 radical (unpaired) electrons. The van der Waals surface area contributed by atoms with E-state index in [1.54, 1.807) is 13.0 Å². The second kappa shape index (κ2) is 5.11. The number of halogens is 2. The molecule has 0 amide bonds. The zero-order chi connectivity index (χ0) is 14.2. The summed E-state index contributed by atoms with van der Waals surface area (Å²) < 4.78 is 39.8. The number of anilines is 1. The predicted molar refractivity (Wildman–Crippen MR) is 76.0 cm³/mol. The predicted octanol–water partition coefficient (Wildman–Crippen LogP) is 3.96. The van der Waals surface area contributed by atoms with Crippen molar-refractivity contribution < 1.29 is 12.8 Å². The van der Waals surface area contributed by atoms with E-state index in [1.807, 2.05) is 6.92 Å². The fraction of sp³-hybridized carbons (Fsp3) is 0.167. The second-order valence-electron chi connectivity index (χ2n) is 4.01. The van der Waals surface area contributed by atoms with Gasteiger partial charge in [-0.05, 0) is 38.1 Å². The maximum atomic E-state index is 13.0. The lowest BCUT2D eigenvalue weighted by Gasteiger charge is -2.08. The number of hydrogen-bond acceptors (Lipinski definition) is 3. The summed E-state index contributed by atoms with van der Waals surface area (Å²) >= 11 is 7.02. The topological polar surface area (TPSA) is 46.2 Å². The summed E-state index contributed by atoms with van der Waals surface area (Å²) in [5, 5.41) is -0.126. The summed E-state index contributed by atoms with van der Waals surface area (Å²) in [5.74, 6) is -0.591. The minimum Gasteiger partial charge on any atom is -0.280 e. The number of hydrogen-bond donors (Lipinski definition) is 1. The van der Waals surface area contributed by atoms with Gasteiger partial charge in [0.25, 0.3) is 10.0 Å². The molecule has 1 aromatic carbocycles. The van der Waals surface area contributed by atoms with Crippen LogP contribution in [0.1, 0.15) is 9.75 Å². The third-order valence-corrected chi connectivity index (χ3v) is 5.35. The van der Waals surface area contributed by atoms with Crippen molar-refractivity contribution in [2.45, 2.75) is 18.7 Å². The molecule has 1 aromatic heterocycles. The van der Waals surface area contributed by atoms with Gasteiger partial charge in [0.1, 0.15) is 10.7 Å². The first-order chi connectivity index (χ1) is 8.79. The minimum absolute atomic E-state index is 0.126. The fourth-order valence-electron chi connectivity index (χ4n) is 1.64. The molecule has 0 saturated carbocycles. The molecule has 0 aliphatic rings. The smallest absolute Gasteiger partial charge is 0.262 e. The quantitative estimate of drug-likeness (QED) is 0.930. The lowest BCUT2D eigenvalue weighted by molar-refractivity contribution is 0.601. The SMILES string of the molecule is Cc1cc(S(=O)(=O)Nc2ccc(F)c(Cl)c2)c(C)s1. The van der Waals surface area contributed by atoms with Crippen LogP contribution < -0.4 is 4.72 Å². The van der Waals surface area contributed by atoms with Crippen molar-refractivity contribution >= 4 is 38.6 Å². The zero-order valence-electron chi connectivity index (χ0n) is 10.2. The molecular weight excluding hydrogens is 309 g/mol. The van der Waals surface area contributed by atoms with Gasteiger partial charge in [0.2, 0.25) is 0 Å². The molecule has 19 heavy (non-hydrogen) atoms. The Bertz CT molecular complexity index is 725. The monoisotopic (exact) mass is 319 g/mol. The highest BCUT2D eigenvalue weighted by atomic mass is 35.5. The first-order valence-electron chi connectivity index (χ1n) is 5.34. The molecule has 0 unspecified atom stereocenters. The molecule has 0 saturated heterocycles. The Morgan fingerprint density at radius 1 is 1.26 bits per heavy atom. The largest absolute Gasteiger partial charge is 0.280 e. The van der Waals surface area contributed by atoms with Crippen LogP contribution in [0.4, 0.5) is 10.1 Å². The van der Waals surface area contributed by atoms with Crippen LogP contribution in [0.2, 0.25) is 5.02 Å². The highest BCUT2D eigenvalue weighted by Crippen LogP contribution is 2.27. The summed E-state index contributed by atoms with van der Waals surface area (Å²) in [5.41, 5.74) is 0.231. The van der Waals surface area contributed by atoms with Crippen LogP contribution in [-0.4, -0.2) is 8.42 Å². The fourth-order valence-corrected chi connectivity index (χ4v) is 4.43. The number of nitrogens with one attached hydrogen (secondary N) is 1. The molecule has 2 aromatic rings. The zero-order valence-corrected chi connectivity index (χ0v) is 12.6. The Balaban J connectivity index is 2.36. The Hall–Kier alpha value is -1.11. The molecule has 0 bridgehead atoms. The van der Waals surface area contributed by atoms with E-state index in [9.17, 15) is 12.8 Å². The first-order valence-corrected chi connectivity index (χ1v) is 8.02. The summed E-state index contributed by atoms with van der Waals surface area (Å²) in [6, 6.07) is 5.29. The molecule has 1 N–H and O–H groups in total. The van der Waals surface area contributed by atoms with Crippen LogP contribution >= 0.6 is 22.9 Å². The maximum absolute atomic E-state index is 13.0. The third-order valence-electron chi connectivity index (χ3n) is 2.46. The van der Waals surface area contributed by atoms with E-state index in [4.69, 9.17) is 11.6 Å². The Labute approximate surface area is 120 Å². The number of benzene rings is 1. The van der Waals surface area contributed by atoms with Gasteiger partial charge < -0.3 is 0 Å². The minimum atomic E-state index is -3.67. The second-order valence-corrected chi connectivity index (χ2v) is 7.53. The van der Waals surface area contributed by atoms with Crippen molar-refractivity contribution in [3.63, 3.8) is 0 Å². The van der Waals surface area contributed by atoms with E-state index < -0.39 is 15.8 Å². The van der Waals surface area contributed by atoms with E-state index in [2.05, 4.69) is 4.72 Å². The Morgan fingerprint density at radius 2 is 1.95 bits per heavy atom. The summed E-state index contributed by atoms with van der Waals surface area (Å²) in [7, 11) is -3.67. The first kappa shape index (κ1) is 14.3.